The van der Waals surface area contributed by atoms with Crippen LogP contribution in [-0.4, -0.2) is 12.0 Å². The number of aliphatic imine (C=N–C) groups is 1. The first-order valence-corrected chi connectivity index (χ1v) is 17.4. The molecule has 230 valence electrons. The van der Waals surface area contributed by atoms with Crippen molar-refractivity contribution in [3.63, 3.8) is 0 Å². The van der Waals surface area contributed by atoms with Crippen LogP contribution in [0.4, 0.5) is 0 Å². The Morgan fingerprint density at radius 3 is 2.40 bits per heavy atom. The Balaban J connectivity index is 1.12. The van der Waals surface area contributed by atoms with E-state index in [1.54, 1.807) is 0 Å². The van der Waals surface area contributed by atoms with Gasteiger partial charge in [-0.15, -0.1) is 11.3 Å². The van der Waals surface area contributed by atoms with Gasteiger partial charge in [0.1, 0.15) is 29.3 Å². The standard InChI is InChI=1S/C43H31N3OS/c1-3-12-27(13-4-1)41-44-42(28-14-5-2-6-15-28)46-43(45-41)35-20-10-19-34-33-18-9-17-31(39(33)48-40(34)35)29-22-24-37-36(25-29)32-23-21-26-11-7-8-16-30(26)38(32)47-37/h1-9,11-19,21-25,41,43,45H,10,20H2,(H,44,46). The van der Waals surface area contributed by atoms with Gasteiger partial charge in [-0.05, 0) is 63.9 Å². The van der Waals surface area contributed by atoms with Crippen molar-refractivity contribution in [1.29, 1.82) is 0 Å². The SMILES string of the molecule is C1=c2c(sc3c(-c4ccc5oc6c7ccccc7ccc6c5c4)cccc23)=C(C2NC(c3ccccc3)=NC(c3ccccc3)N2)CC1. The zero-order valence-corrected chi connectivity index (χ0v) is 26.9. The molecule has 2 aromatic heterocycles. The molecule has 2 atom stereocenters. The van der Waals surface area contributed by atoms with Gasteiger partial charge >= 0.3 is 0 Å². The second-order valence-electron chi connectivity index (χ2n) is 12.7. The van der Waals surface area contributed by atoms with Gasteiger partial charge in [0.05, 0.1) is 0 Å². The molecule has 48 heavy (non-hydrogen) atoms. The van der Waals surface area contributed by atoms with Crippen LogP contribution in [0.5, 0.6) is 0 Å². The number of nitrogens with one attached hydrogen (secondary N) is 2. The number of nitrogens with zero attached hydrogens (tertiary/aromatic N) is 1. The summed E-state index contributed by atoms with van der Waals surface area (Å²) in [5.41, 5.74) is 8.00. The Hall–Kier alpha value is -5.49. The lowest BCUT2D eigenvalue weighted by Crippen LogP contribution is -2.53. The Bertz CT molecular complexity index is 2690. The average Bonchev–Trinajstić information content (AvgIpc) is 3.74. The number of furan rings is 1. The lowest BCUT2D eigenvalue weighted by Gasteiger charge is -2.33. The highest BCUT2D eigenvalue weighted by atomic mass is 32.1. The molecule has 5 heteroatoms. The summed E-state index contributed by atoms with van der Waals surface area (Å²) in [7, 11) is 0. The second-order valence-corrected chi connectivity index (χ2v) is 13.7. The maximum atomic E-state index is 6.44. The molecule has 2 aliphatic rings. The minimum Gasteiger partial charge on any atom is -0.455 e. The van der Waals surface area contributed by atoms with Gasteiger partial charge in [-0.3, -0.25) is 5.32 Å². The van der Waals surface area contributed by atoms with Crippen molar-refractivity contribution in [2.24, 2.45) is 4.99 Å². The summed E-state index contributed by atoms with van der Waals surface area (Å²) in [6, 6.07) is 47.3. The molecule has 0 radical (unpaired) electrons. The van der Waals surface area contributed by atoms with Crippen molar-refractivity contribution in [3.8, 4) is 11.1 Å². The Kier molecular flexibility index (Phi) is 6.36. The number of benzene rings is 6. The Labute approximate surface area is 281 Å². The number of thiophene rings is 1. The van der Waals surface area contributed by atoms with E-state index in [4.69, 9.17) is 9.41 Å². The number of hydrogen-bond donors (Lipinski definition) is 2. The smallest absolute Gasteiger partial charge is 0.143 e. The molecule has 10 rings (SSSR count). The molecule has 0 saturated heterocycles. The first-order chi connectivity index (χ1) is 23.8. The van der Waals surface area contributed by atoms with Crippen LogP contribution >= 0.6 is 11.3 Å². The van der Waals surface area contributed by atoms with Crippen LogP contribution in [0.1, 0.15) is 30.1 Å². The van der Waals surface area contributed by atoms with Crippen LogP contribution in [0.15, 0.2) is 143 Å². The third kappa shape index (κ3) is 4.43. The lowest BCUT2D eigenvalue weighted by molar-refractivity contribution is 0.453. The summed E-state index contributed by atoms with van der Waals surface area (Å²) in [5.74, 6) is 0.923. The number of amidine groups is 1. The van der Waals surface area contributed by atoms with Gasteiger partial charge in [-0.25, -0.2) is 4.99 Å². The van der Waals surface area contributed by atoms with E-state index in [9.17, 15) is 0 Å². The average molecular weight is 638 g/mol. The van der Waals surface area contributed by atoms with Gasteiger partial charge in [-0.1, -0.05) is 121 Å². The molecule has 0 amide bonds. The minimum atomic E-state index is -0.145. The molecule has 0 bridgehead atoms. The van der Waals surface area contributed by atoms with Crippen molar-refractivity contribution >= 4 is 71.6 Å². The molecule has 4 nitrogen and oxygen atoms in total. The third-order valence-corrected chi connectivity index (χ3v) is 11.2. The van der Waals surface area contributed by atoms with Crippen molar-refractivity contribution in [2.75, 3.05) is 0 Å². The van der Waals surface area contributed by atoms with Gasteiger partial charge in [0.15, 0.2) is 0 Å². The summed E-state index contributed by atoms with van der Waals surface area (Å²) in [6.07, 6.45) is 4.24. The monoisotopic (exact) mass is 637 g/mol. The predicted molar refractivity (Wildman–Crippen MR) is 201 cm³/mol. The van der Waals surface area contributed by atoms with Crippen molar-refractivity contribution in [2.45, 2.75) is 25.2 Å². The highest BCUT2D eigenvalue weighted by Gasteiger charge is 2.28. The van der Waals surface area contributed by atoms with E-state index >= 15 is 0 Å². The highest BCUT2D eigenvalue weighted by molar-refractivity contribution is 7.17. The first-order valence-electron chi connectivity index (χ1n) is 16.6. The normalized spacial score (nSPS) is 17.8. The molecular weight excluding hydrogens is 607 g/mol. The highest BCUT2D eigenvalue weighted by Crippen LogP contribution is 2.38. The van der Waals surface area contributed by atoms with Gasteiger partial charge < -0.3 is 9.73 Å². The maximum absolute atomic E-state index is 6.44. The topological polar surface area (TPSA) is 49.6 Å². The van der Waals surface area contributed by atoms with Gasteiger partial charge in [-0.2, -0.15) is 0 Å². The summed E-state index contributed by atoms with van der Waals surface area (Å²) in [6.45, 7) is 0. The summed E-state index contributed by atoms with van der Waals surface area (Å²) < 4.78 is 9.12. The van der Waals surface area contributed by atoms with E-state index in [-0.39, 0.29) is 12.3 Å². The Morgan fingerprint density at radius 1 is 0.688 bits per heavy atom. The summed E-state index contributed by atoms with van der Waals surface area (Å²) in [4.78, 5) is 5.15. The summed E-state index contributed by atoms with van der Waals surface area (Å²) >= 11 is 1.92. The van der Waals surface area contributed by atoms with Gasteiger partial charge in [0.2, 0.25) is 0 Å². The van der Waals surface area contributed by atoms with Gasteiger partial charge in [0.25, 0.3) is 0 Å². The minimum absolute atomic E-state index is 0.0460. The van der Waals surface area contributed by atoms with E-state index in [0.717, 1.165) is 57.1 Å². The third-order valence-electron chi connectivity index (χ3n) is 9.85. The predicted octanol–water partition coefficient (Wildman–Crippen LogP) is 9.01. The zero-order chi connectivity index (χ0) is 31.6. The van der Waals surface area contributed by atoms with E-state index in [2.05, 4.69) is 150 Å². The molecule has 3 heterocycles. The van der Waals surface area contributed by atoms with E-state index in [1.165, 1.54) is 41.9 Å². The number of hydrogen-bond acceptors (Lipinski definition) is 5. The number of fused-ring (bicyclic) bond motifs is 8. The fourth-order valence-electron chi connectivity index (χ4n) is 7.53. The molecule has 6 aromatic carbocycles. The van der Waals surface area contributed by atoms with Crippen LogP contribution in [0.2, 0.25) is 0 Å². The van der Waals surface area contributed by atoms with Crippen LogP contribution in [0, 0.1) is 0 Å². The van der Waals surface area contributed by atoms with E-state index in [1.807, 2.05) is 11.3 Å². The summed E-state index contributed by atoms with van der Waals surface area (Å²) in [5, 5.41) is 15.0. The lowest BCUT2D eigenvalue weighted by atomic mass is 9.97. The van der Waals surface area contributed by atoms with Crippen LogP contribution in [0.3, 0.4) is 0 Å². The molecule has 2 N–H and O–H groups in total. The van der Waals surface area contributed by atoms with Crippen LogP contribution in [0.25, 0.3) is 65.6 Å². The first kappa shape index (κ1) is 27.6. The van der Waals surface area contributed by atoms with E-state index < -0.39 is 0 Å². The number of rotatable bonds is 4. The molecule has 2 unspecified atom stereocenters. The largest absolute Gasteiger partial charge is 0.455 e. The zero-order valence-electron chi connectivity index (χ0n) is 26.1. The molecule has 0 spiro atoms. The maximum Gasteiger partial charge on any atom is 0.143 e. The molecule has 0 fully saturated rings. The molecule has 1 aliphatic carbocycles. The fraction of sp³-hybridized carbons (Fsp3) is 0.0930. The molecular formula is C43H31N3OS. The van der Waals surface area contributed by atoms with Crippen LogP contribution < -0.4 is 20.4 Å². The van der Waals surface area contributed by atoms with Crippen molar-refractivity contribution < 1.29 is 4.42 Å². The molecule has 1 aliphatic heterocycles. The van der Waals surface area contributed by atoms with E-state index in [0.29, 0.717) is 0 Å². The van der Waals surface area contributed by atoms with Gasteiger partial charge in [0, 0.05) is 36.3 Å². The second kappa shape index (κ2) is 11.1. The fourth-order valence-corrected chi connectivity index (χ4v) is 8.97. The van der Waals surface area contributed by atoms with Crippen LogP contribution in [-0.2, 0) is 0 Å². The molecule has 0 saturated carbocycles. The van der Waals surface area contributed by atoms with Crippen molar-refractivity contribution in [1.82, 2.24) is 10.6 Å². The van der Waals surface area contributed by atoms with Crippen molar-refractivity contribution in [3.05, 3.63) is 154 Å². The quantitative estimate of drug-likeness (QED) is 0.203. The molecule has 8 aromatic rings. The Morgan fingerprint density at radius 2 is 1.50 bits per heavy atom.